The average Bonchev–Trinajstić information content (AvgIpc) is 2.54. The largest absolute Gasteiger partial charge is 0.337 e. The highest BCUT2D eigenvalue weighted by Crippen LogP contribution is 2.14. The zero-order valence-electron chi connectivity index (χ0n) is 15.1. The Morgan fingerprint density at radius 1 is 0.958 bits per heavy atom. The molecule has 0 bridgehead atoms. The van der Waals surface area contributed by atoms with E-state index in [2.05, 4.69) is 6.58 Å². The summed E-state index contributed by atoms with van der Waals surface area (Å²) in [4.78, 5) is 13.7. The van der Waals surface area contributed by atoms with Gasteiger partial charge in [-0.1, -0.05) is 42.5 Å². The number of hydrogen-bond donors (Lipinski definition) is 0. The lowest BCUT2D eigenvalue weighted by atomic mass is 10.1. The molecule has 0 radical (unpaired) electrons. The van der Waals surface area contributed by atoms with E-state index >= 15 is 0 Å². The van der Waals surface area contributed by atoms with Crippen molar-refractivity contribution >= 4 is 11.5 Å². The van der Waals surface area contributed by atoms with E-state index in [0.29, 0.717) is 0 Å². The maximum atomic E-state index is 12.3. The molecule has 0 fully saturated rings. The van der Waals surface area contributed by atoms with E-state index < -0.39 is 0 Å². The number of nitrogens with zero attached hydrogens (tertiary/aromatic N) is 1. The van der Waals surface area contributed by atoms with Gasteiger partial charge in [0, 0.05) is 18.2 Å². The number of hydrogen-bond acceptors (Lipinski definition) is 1. The molecule has 0 atom stereocenters. The number of carbonyl (C=O) groups excluding carboxylic acids is 1. The molecule has 0 heterocycles. The minimum Gasteiger partial charge on any atom is -0.337 e. The van der Waals surface area contributed by atoms with E-state index in [1.165, 1.54) is 12.1 Å². The lowest BCUT2D eigenvalue weighted by Gasteiger charge is -2.32. The molecule has 2 aromatic carbocycles. The Morgan fingerprint density at radius 2 is 1.46 bits per heavy atom. The third-order valence-corrected chi connectivity index (χ3v) is 3.67. The number of rotatable bonds is 2. The Labute approximate surface area is 144 Å². The normalized spacial score (nSPS) is 10.4. The van der Waals surface area contributed by atoms with Crippen LogP contribution in [0.5, 0.6) is 0 Å². The molecule has 1 amide bonds. The van der Waals surface area contributed by atoms with Crippen molar-refractivity contribution in [2.24, 2.45) is 0 Å². The summed E-state index contributed by atoms with van der Waals surface area (Å²) in [6.45, 7) is 11.7. The van der Waals surface area contributed by atoms with Crippen LogP contribution < -0.4 is 0 Å². The molecule has 0 aliphatic rings. The molecule has 0 aliphatic carbocycles. The van der Waals surface area contributed by atoms with Crippen molar-refractivity contribution in [1.29, 1.82) is 0 Å². The Kier molecular flexibility index (Phi) is 6.90. The molecule has 0 spiro atoms. The summed E-state index contributed by atoms with van der Waals surface area (Å²) in [6.07, 6.45) is 0. The summed E-state index contributed by atoms with van der Waals surface area (Å²) in [5.74, 6) is -0.136. The maximum absolute atomic E-state index is 12.3. The highest BCUT2D eigenvalue weighted by Gasteiger charge is 2.22. The predicted octanol–water partition coefficient (Wildman–Crippen LogP) is 5.42. The van der Waals surface area contributed by atoms with Crippen molar-refractivity contribution in [2.75, 3.05) is 7.05 Å². The van der Waals surface area contributed by atoms with Crippen molar-refractivity contribution in [3.05, 3.63) is 78.1 Å². The maximum Gasteiger partial charge on any atom is 0.254 e. The van der Waals surface area contributed by atoms with Crippen LogP contribution in [0.15, 0.2) is 61.2 Å². The first kappa shape index (κ1) is 19.6. The van der Waals surface area contributed by atoms with Crippen LogP contribution in [0, 0.1) is 5.82 Å². The van der Waals surface area contributed by atoms with Gasteiger partial charge in [-0.2, -0.15) is 0 Å². The molecule has 24 heavy (non-hydrogen) atoms. The van der Waals surface area contributed by atoms with Crippen LogP contribution in [0.1, 0.15) is 43.6 Å². The van der Waals surface area contributed by atoms with Gasteiger partial charge in [0.15, 0.2) is 0 Å². The molecule has 0 aromatic heterocycles. The average molecular weight is 327 g/mol. The van der Waals surface area contributed by atoms with Gasteiger partial charge in [0.05, 0.1) is 0 Å². The molecular formula is C21H26FNO. The van der Waals surface area contributed by atoms with E-state index in [9.17, 15) is 9.18 Å². The van der Waals surface area contributed by atoms with Crippen molar-refractivity contribution < 1.29 is 9.18 Å². The smallest absolute Gasteiger partial charge is 0.254 e. The van der Waals surface area contributed by atoms with Crippen LogP contribution in [0.25, 0.3) is 5.57 Å². The van der Waals surface area contributed by atoms with Gasteiger partial charge in [0.25, 0.3) is 5.91 Å². The number of halogens is 1. The SMILES string of the molecule is C=C(C)c1ccc(F)cc1.CN(C(=O)c1ccccc1)C(C)(C)C. The molecule has 0 N–H and O–H groups in total. The third-order valence-electron chi connectivity index (χ3n) is 3.67. The first-order valence-corrected chi connectivity index (χ1v) is 7.87. The summed E-state index contributed by atoms with van der Waals surface area (Å²) in [6, 6.07) is 15.7. The van der Waals surface area contributed by atoms with E-state index in [1.807, 2.05) is 65.1 Å². The summed E-state index contributed by atoms with van der Waals surface area (Å²) < 4.78 is 12.3. The summed E-state index contributed by atoms with van der Waals surface area (Å²) in [7, 11) is 1.83. The highest BCUT2D eigenvalue weighted by atomic mass is 19.1. The number of allylic oxidation sites excluding steroid dienone is 1. The number of benzene rings is 2. The topological polar surface area (TPSA) is 20.3 Å². The standard InChI is InChI=1S/C12H17NO.C9H9F/c1-12(2,3)13(4)11(14)10-8-6-5-7-9-10;1-7(2)8-3-5-9(10)6-4-8/h5-9H,1-4H3;3-6H,1H2,2H3. The molecule has 0 saturated heterocycles. The lowest BCUT2D eigenvalue weighted by Crippen LogP contribution is -2.42. The van der Waals surface area contributed by atoms with Gasteiger partial charge in [-0.05, 0) is 57.5 Å². The molecular weight excluding hydrogens is 301 g/mol. The van der Waals surface area contributed by atoms with Crippen LogP contribution >= 0.6 is 0 Å². The minimum atomic E-state index is -0.204. The third kappa shape index (κ3) is 5.99. The molecule has 0 saturated carbocycles. The molecule has 2 aromatic rings. The fourth-order valence-corrected chi connectivity index (χ4v) is 1.81. The molecule has 0 unspecified atom stereocenters. The lowest BCUT2D eigenvalue weighted by molar-refractivity contribution is 0.0656. The van der Waals surface area contributed by atoms with Gasteiger partial charge in [-0.3, -0.25) is 4.79 Å². The minimum absolute atomic E-state index is 0.0677. The van der Waals surface area contributed by atoms with Crippen LogP contribution in [0.2, 0.25) is 0 Å². The van der Waals surface area contributed by atoms with E-state index in [-0.39, 0.29) is 17.3 Å². The molecule has 128 valence electrons. The van der Waals surface area contributed by atoms with Gasteiger partial charge < -0.3 is 4.90 Å². The van der Waals surface area contributed by atoms with Gasteiger partial charge in [0.2, 0.25) is 0 Å². The monoisotopic (exact) mass is 327 g/mol. The molecule has 2 nitrogen and oxygen atoms in total. The fourth-order valence-electron chi connectivity index (χ4n) is 1.81. The Balaban J connectivity index is 0.000000254. The van der Waals surface area contributed by atoms with Crippen molar-refractivity contribution in [3.63, 3.8) is 0 Å². The molecule has 3 heteroatoms. The van der Waals surface area contributed by atoms with Gasteiger partial charge >= 0.3 is 0 Å². The summed E-state index contributed by atoms with van der Waals surface area (Å²) in [5, 5.41) is 0. The zero-order chi connectivity index (χ0) is 18.3. The van der Waals surface area contributed by atoms with Crippen molar-refractivity contribution in [2.45, 2.75) is 33.2 Å². The van der Waals surface area contributed by atoms with Crippen LogP contribution in [-0.2, 0) is 0 Å². The van der Waals surface area contributed by atoms with Gasteiger partial charge in [-0.25, -0.2) is 4.39 Å². The first-order chi connectivity index (χ1) is 11.1. The predicted molar refractivity (Wildman–Crippen MR) is 99.4 cm³/mol. The zero-order valence-corrected chi connectivity index (χ0v) is 15.1. The second kappa shape index (κ2) is 8.44. The van der Waals surface area contributed by atoms with Crippen molar-refractivity contribution in [3.8, 4) is 0 Å². The van der Waals surface area contributed by atoms with Gasteiger partial charge in [-0.15, -0.1) is 0 Å². The summed E-state index contributed by atoms with van der Waals surface area (Å²) >= 11 is 0. The van der Waals surface area contributed by atoms with Crippen LogP contribution in [0.4, 0.5) is 4.39 Å². The Morgan fingerprint density at radius 3 is 1.88 bits per heavy atom. The fraction of sp³-hybridized carbons (Fsp3) is 0.286. The number of carbonyl (C=O) groups is 1. The highest BCUT2D eigenvalue weighted by molar-refractivity contribution is 5.94. The summed E-state index contributed by atoms with van der Waals surface area (Å²) in [5.41, 5.74) is 2.55. The Bertz CT molecular complexity index is 669. The Hall–Kier alpha value is -2.42. The van der Waals surface area contributed by atoms with Crippen molar-refractivity contribution in [1.82, 2.24) is 4.90 Å². The van der Waals surface area contributed by atoms with Gasteiger partial charge in [0.1, 0.15) is 5.82 Å². The molecule has 0 aliphatic heterocycles. The molecule has 2 rings (SSSR count). The van der Waals surface area contributed by atoms with Crippen LogP contribution in [0.3, 0.4) is 0 Å². The first-order valence-electron chi connectivity index (χ1n) is 7.87. The van der Waals surface area contributed by atoms with E-state index in [4.69, 9.17) is 0 Å². The van der Waals surface area contributed by atoms with Crippen LogP contribution in [-0.4, -0.2) is 23.4 Å². The van der Waals surface area contributed by atoms with E-state index in [0.717, 1.165) is 16.7 Å². The second-order valence-corrected chi connectivity index (χ2v) is 6.69. The second-order valence-electron chi connectivity index (χ2n) is 6.69. The van der Waals surface area contributed by atoms with E-state index in [1.54, 1.807) is 17.0 Å². The quantitative estimate of drug-likeness (QED) is 0.721. The number of amides is 1.